The molecule has 1 heterocycles. The number of aliphatic hydroxyl groups excluding tert-OH is 1. The van der Waals surface area contributed by atoms with Crippen LogP contribution >= 0.6 is 11.8 Å². The molecular formula is C9H17N3OS. The molecule has 0 spiro atoms. The van der Waals surface area contributed by atoms with Gasteiger partial charge < -0.3 is 10.8 Å². The van der Waals surface area contributed by atoms with Gasteiger partial charge in [-0.05, 0) is 20.8 Å². The molecule has 0 bridgehead atoms. The van der Waals surface area contributed by atoms with Crippen LogP contribution in [0.2, 0.25) is 0 Å². The molecule has 0 amide bonds. The van der Waals surface area contributed by atoms with Crippen LogP contribution in [0.3, 0.4) is 0 Å². The number of hydrogen-bond donors (Lipinski definition) is 2. The first-order valence-electron chi connectivity index (χ1n) is 4.46. The number of aryl methyl sites for hydroxylation is 2. The number of rotatable bonds is 3. The van der Waals surface area contributed by atoms with Crippen molar-refractivity contribution in [3.8, 4) is 0 Å². The summed E-state index contributed by atoms with van der Waals surface area (Å²) < 4.78 is 1.53. The maximum atomic E-state index is 9.15. The lowest BCUT2D eigenvalue weighted by molar-refractivity contribution is 0.265. The Morgan fingerprint density at radius 1 is 1.57 bits per heavy atom. The summed E-state index contributed by atoms with van der Waals surface area (Å²) in [4.78, 5) is 0. The van der Waals surface area contributed by atoms with Gasteiger partial charge in [0.05, 0.1) is 18.0 Å². The van der Waals surface area contributed by atoms with Crippen LogP contribution in [0.5, 0.6) is 0 Å². The highest BCUT2D eigenvalue weighted by Crippen LogP contribution is 2.36. The SMILES string of the molecule is Cc1nn(C)c(SC(C)(C)CO)c1N. The Kier molecular flexibility index (Phi) is 3.11. The number of aliphatic hydroxyl groups is 1. The fourth-order valence-electron chi connectivity index (χ4n) is 1.07. The maximum absolute atomic E-state index is 9.15. The summed E-state index contributed by atoms with van der Waals surface area (Å²) in [5, 5.41) is 14.3. The minimum atomic E-state index is -0.228. The predicted octanol–water partition coefficient (Wildman–Crippen LogP) is 1.17. The summed E-state index contributed by atoms with van der Waals surface area (Å²) in [5.41, 5.74) is 7.42. The summed E-state index contributed by atoms with van der Waals surface area (Å²) >= 11 is 1.55. The summed E-state index contributed by atoms with van der Waals surface area (Å²) in [6.07, 6.45) is 0. The quantitative estimate of drug-likeness (QED) is 0.743. The first-order valence-corrected chi connectivity index (χ1v) is 5.28. The van der Waals surface area contributed by atoms with Gasteiger partial charge in [0.15, 0.2) is 0 Å². The van der Waals surface area contributed by atoms with Crippen molar-refractivity contribution in [3.63, 3.8) is 0 Å². The highest BCUT2D eigenvalue weighted by molar-refractivity contribution is 8.00. The van der Waals surface area contributed by atoms with Gasteiger partial charge in [-0.2, -0.15) is 5.10 Å². The van der Waals surface area contributed by atoms with Gasteiger partial charge in [-0.1, -0.05) is 11.8 Å². The van der Waals surface area contributed by atoms with Gasteiger partial charge >= 0.3 is 0 Å². The van der Waals surface area contributed by atoms with Crippen molar-refractivity contribution in [2.75, 3.05) is 12.3 Å². The first-order chi connectivity index (χ1) is 6.37. The second-order valence-electron chi connectivity index (χ2n) is 3.95. The first kappa shape index (κ1) is 11.4. The van der Waals surface area contributed by atoms with Crippen LogP contribution in [0, 0.1) is 6.92 Å². The third kappa shape index (κ3) is 2.22. The minimum absolute atomic E-state index is 0.112. The Hall–Kier alpha value is -0.680. The Morgan fingerprint density at radius 2 is 2.14 bits per heavy atom. The number of aromatic nitrogens is 2. The second kappa shape index (κ2) is 3.82. The van der Waals surface area contributed by atoms with E-state index in [0.29, 0.717) is 5.69 Å². The second-order valence-corrected chi connectivity index (χ2v) is 5.64. The molecule has 1 aromatic heterocycles. The number of nitrogens with two attached hydrogens (primary N) is 1. The van der Waals surface area contributed by atoms with E-state index in [2.05, 4.69) is 5.10 Å². The molecule has 0 aliphatic rings. The number of nitrogen functional groups attached to an aromatic ring is 1. The molecule has 80 valence electrons. The molecule has 0 atom stereocenters. The van der Waals surface area contributed by atoms with Gasteiger partial charge in [0, 0.05) is 11.8 Å². The van der Waals surface area contributed by atoms with Crippen molar-refractivity contribution in [2.24, 2.45) is 7.05 Å². The molecule has 3 N–H and O–H groups in total. The Bertz CT molecular complexity index is 333. The zero-order chi connectivity index (χ0) is 10.9. The molecule has 0 aliphatic carbocycles. The van der Waals surface area contributed by atoms with Crippen molar-refractivity contribution in [1.82, 2.24) is 9.78 Å². The Labute approximate surface area is 88.5 Å². The number of nitrogens with zero attached hydrogens (tertiary/aromatic N) is 2. The number of thioether (sulfide) groups is 1. The van der Waals surface area contributed by atoms with Crippen molar-refractivity contribution >= 4 is 17.4 Å². The molecule has 0 saturated heterocycles. The molecule has 1 rings (SSSR count). The lowest BCUT2D eigenvalue weighted by Gasteiger charge is -2.20. The number of anilines is 1. The smallest absolute Gasteiger partial charge is 0.118 e. The fourth-order valence-corrected chi connectivity index (χ4v) is 2.09. The van der Waals surface area contributed by atoms with Crippen LogP contribution in [0.25, 0.3) is 0 Å². The van der Waals surface area contributed by atoms with E-state index in [1.807, 2.05) is 27.8 Å². The Morgan fingerprint density at radius 3 is 2.50 bits per heavy atom. The highest BCUT2D eigenvalue weighted by Gasteiger charge is 2.22. The van der Waals surface area contributed by atoms with E-state index < -0.39 is 0 Å². The summed E-state index contributed by atoms with van der Waals surface area (Å²) in [5.74, 6) is 0. The zero-order valence-corrected chi connectivity index (χ0v) is 9.85. The maximum Gasteiger partial charge on any atom is 0.118 e. The number of hydrogen-bond acceptors (Lipinski definition) is 4. The van der Waals surface area contributed by atoms with E-state index in [9.17, 15) is 0 Å². The minimum Gasteiger partial charge on any atom is -0.395 e. The van der Waals surface area contributed by atoms with E-state index in [4.69, 9.17) is 10.8 Å². The standard InChI is InChI=1S/C9H17N3OS/c1-6-7(10)8(12(4)11-6)14-9(2,3)5-13/h13H,5,10H2,1-4H3. The van der Waals surface area contributed by atoms with Gasteiger partial charge in [0.2, 0.25) is 0 Å². The van der Waals surface area contributed by atoms with E-state index in [1.165, 1.54) is 0 Å². The average Bonchev–Trinajstić information content (AvgIpc) is 2.32. The topological polar surface area (TPSA) is 64.1 Å². The van der Waals surface area contributed by atoms with Gasteiger partial charge in [-0.3, -0.25) is 4.68 Å². The van der Waals surface area contributed by atoms with E-state index in [1.54, 1.807) is 16.4 Å². The van der Waals surface area contributed by atoms with Crippen LogP contribution in [-0.2, 0) is 7.05 Å². The molecule has 0 aromatic carbocycles. The predicted molar refractivity (Wildman–Crippen MR) is 59.4 cm³/mol. The van der Waals surface area contributed by atoms with Crippen molar-refractivity contribution in [2.45, 2.75) is 30.5 Å². The largest absolute Gasteiger partial charge is 0.395 e. The van der Waals surface area contributed by atoms with Crippen molar-refractivity contribution in [3.05, 3.63) is 5.69 Å². The normalized spacial score (nSPS) is 12.1. The van der Waals surface area contributed by atoms with Crippen LogP contribution in [-0.4, -0.2) is 26.2 Å². The molecule has 5 heteroatoms. The molecule has 0 radical (unpaired) electrons. The monoisotopic (exact) mass is 215 g/mol. The van der Waals surface area contributed by atoms with Gasteiger partial charge in [-0.25, -0.2) is 0 Å². The van der Waals surface area contributed by atoms with Crippen molar-refractivity contribution in [1.29, 1.82) is 0 Å². The van der Waals surface area contributed by atoms with E-state index in [0.717, 1.165) is 10.7 Å². The van der Waals surface area contributed by atoms with Crippen LogP contribution < -0.4 is 5.73 Å². The van der Waals surface area contributed by atoms with Crippen LogP contribution in [0.4, 0.5) is 5.69 Å². The van der Waals surface area contributed by atoms with Gasteiger partial charge in [0.25, 0.3) is 0 Å². The lowest BCUT2D eigenvalue weighted by Crippen LogP contribution is -2.20. The summed E-state index contributed by atoms with van der Waals surface area (Å²) in [6, 6.07) is 0. The summed E-state index contributed by atoms with van der Waals surface area (Å²) in [6.45, 7) is 5.94. The molecule has 4 nitrogen and oxygen atoms in total. The molecule has 14 heavy (non-hydrogen) atoms. The van der Waals surface area contributed by atoms with Crippen molar-refractivity contribution < 1.29 is 5.11 Å². The fraction of sp³-hybridized carbons (Fsp3) is 0.667. The lowest BCUT2D eigenvalue weighted by atomic mass is 10.2. The molecule has 0 unspecified atom stereocenters. The molecule has 0 fully saturated rings. The van der Waals surface area contributed by atoms with Gasteiger partial charge in [-0.15, -0.1) is 0 Å². The Balaban J connectivity index is 2.97. The van der Waals surface area contributed by atoms with Gasteiger partial charge in [0.1, 0.15) is 5.03 Å². The third-order valence-corrected chi connectivity index (χ3v) is 3.33. The van der Waals surface area contributed by atoms with E-state index in [-0.39, 0.29) is 11.4 Å². The molecule has 0 aliphatic heterocycles. The third-order valence-electron chi connectivity index (χ3n) is 1.97. The highest BCUT2D eigenvalue weighted by atomic mass is 32.2. The van der Waals surface area contributed by atoms with E-state index >= 15 is 0 Å². The molecule has 0 saturated carbocycles. The van der Waals surface area contributed by atoms with Crippen LogP contribution in [0.1, 0.15) is 19.5 Å². The van der Waals surface area contributed by atoms with Crippen LogP contribution in [0.15, 0.2) is 5.03 Å². The molecular weight excluding hydrogens is 198 g/mol. The average molecular weight is 215 g/mol. The molecule has 1 aromatic rings. The zero-order valence-electron chi connectivity index (χ0n) is 9.03. The summed E-state index contributed by atoms with van der Waals surface area (Å²) in [7, 11) is 1.86.